The molecule has 1 N–H and O–H groups in total. The molecule has 3 heteroatoms. The predicted molar refractivity (Wildman–Crippen MR) is 68.5 cm³/mol. The van der Waals surface area contributed by atoms with Crippen LogP contribution in [0.15, 0.2) is 24.3 Å². The molecule has 0 aliphatic heterocycles. The Morgan fingerprint density at radius 1 is 1.24 bits per heavy atom. The van der Waals surface area contributed by atoms with Gasteiger partial charge in [-0.2, -0.15) is 5.26 Å². The number of amides is 1. The molecule has 0 aliphatic rings. The number of nitrogens with one attached hydrogen (secondary N) is 1. The molecule has 0 aromatic heterocycles. The van der Waals surface area contributed by atoms with Gasteiger partial charge in [-0.25, -0.2) is 0 Å². The van der Waals surface area contributed by atoms with E-state index in [0.717, 1.165) is 18.5 Å². The monoisotopic (exact) mass is 230 g/mol. The Morgan fingerprint density at radius 3 is 2.53 bits per heavy atom. The first-order chi connectivity index (χ1) is 8.26. The fraction of sp³-hybridized carbons (Fsp3) is 0.429. The van der Waals surface area contributed by atoms with Crippen molar-refractivity contribution in [2.45, 2.75) is 39.0 Å². The van der Waals surface area contributed by atoms with Crippen LogP contribution in [-0.4, -0.2) is 5.91 Å². The van der Waals surface area contributed by atoms with Crippen LogP contribution in [0, 0.1) is 11.3 Å². The number of carbonyl (C=O) groups excluding carboxylic acids is 1. The summed E-state index contributed by atoms with van der Waals surface area (Å²) in [6.07, 6.45) is 4.98. The van der Waals surface area contributed by atoms with Gasteiger partial charge in [-0.3, -0.25) is 4.79 Å². The zero-order valence-corrected chi connectivity index (χ0v) is 10.2. The highest BCUT2D eigenvalue weighted by Gasteiger charge is 2.01. The highest BCUT2D eigenvalue weighted by Crippen LogP contribution is 2.10. The average Bonchev–Trinajstić information content (AvgIpc) is 2.36. The first-order valence-corrected chi connectivity index (χ1v) is 6.06. The largest absolute Gasteiger partial charge is 0.326 e. The third-order valence-corrected chi connectivity index (χ3v) is 2.56. The van der Waals surface area contributed by atoms with Crippen molar-refractivity contribution in [1.29, 1.82) is 5.26 Å². The highest BCUT2D eigenvalue weighted by atomic mass is 16.1. The Hall–Kier alpha value is -1.82. The van der Waals surface area contributed by atoms with E-state index in [0.29, 0.717) is 12.0 Å². The van der Waals surface area contributed by atoms with Gasteiger partial charge in [-0.15, -0.1) is 0 Å². The number of hydrogen-bond acceptors (Lipinski definition) is 2. The molecule has 0 saturated heterocycles. The minimum absolute atomic E-state index is 0.0470. The fourth-order valence-electron chi connectivity index (χ4n) is 1.56. The summed E-state index contributed by atoms with van der Waals surface area (Å²) in [7, 11) is 0. The van der Waals surface area contributed by atoms with Gasteiger partial charge in [-0.1, -0.05) is 26.2 Å². The summed E-state index contributed by atoms with van der Waals surface area (Å²) in [5.41, 5.74) is 1.36. The Bertz CT molecular complexity index is 390. The molecular weight excluding hydrogens is 212 g/mol. The Balaban J connectivity index is 2.32. The molecule has 1 amide bonds. The van der Waals surface area contributed by atoms with E-state index in [4.69, 9.17) is 5.26 Å². The smallest absolute Gasteiger partial charge is 0.224 e. The molecule has 0 radical (unpaired) electrons. The lowest BCUT2D eigenvalue weighted by molar-refractivity contribution is -0.116. The molecule has 0 fully saturated rings. The average molecular weight is 230 g/mol. The molecule has 3 nitrogen and oxygen atoms in total. The van der Waals surface area contributed by atoms with Crippen molar-refractivity contribution in [3.05, 3.63) is 29.8 Å². The fourth-order valence-corrected chi connectivity index (χ4v) is 1.56. The van der Waals surface area contributed by atoms with Crippen molar-refractivity contribution in [3.63, 3.8) is 0 Å². The zero-order valence-electron chi connectivity index (χ0n) is 10.2. The van der Waals surface area contributed by atoms with E-state index in [9.17, 15) is 4.79 Å². The van der Waals surface area contributed by atoms with Crippen LogP contribution in [0.2, 0.25) is 0 Å². The predicted octanol–water partition coefficient (Wildman–Crippen LogP) is 3.47. The topological polar surface area (TPSA) is 52.9 Å². The van der Waals surface area contributed by atoms with E-state index < -0.39 is 0 Å². The summed E-state index contributed by atoms with van der Waals surface area (Å²) in [6.45, 7) is 2.15. The van der Waals surface area contributed by atoms with E-state index in [1.54, 1.807) is 24.3 Å². The highest BCUT2D eigenvalue weighted by molar-refractivity contribution is 5.90. The van der Waals surface area contributed by atoms with Gasteiger partial charge in [0, 0.05) is 12.1 Å². The van der Waals surface area contributed by atoms with E-state index in [1.807, 2.05) is 6.07 Å². The number of nitriles is 1. The van der Waals surface area contributed by atoms with Crippen LogP contribution in [0.1, 0.15) is 44.6 Å². The third-order valence-electron chi connectivity index (χ3n) is 2.56. The Kier molecular flexibility index (Phi) is 5.81. The molecule has 90 valence electrons. The normalized spacial score (nSPS) is 9.65. The molecule has 0 aliphatic carbocycles. The second kappa shape index (κ2) is 7.45. The second-order valence-electron chi connectivity index (χ2n) is 4.05. The van der Waals surface area contributed by atoms with Crippen LogP contribution in [0.25, 0.3) is 0 Å². The molecule has 0 saturated carbocycles. The van der Waals surface area contributed by atoms with Gasteiger partial charge in [0.1, 0.15) is 0 Å². The minimum atomic E-state index is 0.0470. The molecule has 1 aromatic carbocycles. The molecule has 17 heavy (non-hydrogen) atoms. The Morgan fingerprint density at radius 2 is 1.94 bits per heavy atom. The molecule has 0 spiro atoms. The van der Waals surface area contributed by atoms with Gasteiger partial charge in [-0.05, 0) is 30.7 Å². The van der Waals surface area contributed by atoms with Crippen LogP contribution < -0.4 is 5.32 Å². The van der Waals surface area contributed by atoms with E-state index in [1.165, 1.54) is 12.8 Å². The van der Waals surface area contributed by atoms with Crippen LogP contribution in [0.4, 0.5) is 5.69 Å². The van der Waals surface area contributed by atoms with Crippen molar-refractivity contribution in [2.75, 3.05) is 5.32 Å². The van der Waals surface area contributed by atoms with Gasteiger partial charge < -0.3 is 5.32 Å². The van der Waals surface area contributed by atoms with Gasteiger partial charge in [0.05, 0.1) is 11.6 Å². The van der Waals surface area contributed by atoms with E-state index in [2.05, 4.69) is 12.2 Å². The lowest BCUT2D eigenvalue weighted by Crippen LogP contribution is -2.10. The maximum Gasteiger partial charge on any atom is 0.224 e. The molecule has 0 heterocycles. The van der Waals surface area contributed by atoms with Crippen molar-refractivity contribution in [3.8, 4) is 6.07 Å². The Labute approximate surface area is 102 Å². The molecular formula is C14H18N2O. The third kappa shape index (κ3) is 5.17. The number of anilines is 1. The summed E-state index contributed by atoms with van der Waals surface area (Å²) >= 11 is 0. The molecule has 0 bridgehead atoms. The van der Waals surface area contributed by atoms with Gasteiger partial charge >= 0.3 is 0 Å². The number of nitrogens with zero attached hydrogens (tertiary/aromatic N) is 1. The van der Waals surface area contributed by atoms with E-state index >= 15 is 0 Å². The summed E-state index contributed by atoms with van der Waals surface area (Å²) in [5.74, 6) is 0.0470. The van der Waals surface area contributed by atoms with Crippen molar-refractivity contribution >= 4 is 11.6 Å². The van der Waals surface area contributed by atoms with Gasteiger partial charge in [0.25, 0.3) is 0 Å². The minimum Gasteiger partial charge on any atom is -0.326 e. The summed E-state index contributed by atoms with van der Waals surface area (Å²) in [4.78, 5) is 11.6. The maximum absolute atomic E-state index is 11.6. The standard InChI is InChI=1S/C14H18N2O/c1-2-3-4-5-6-14(17)16-13-9-7-12(11-15)8-10-13/h7-10H,2-6H2,1H3,(H,16,17). The first kappa shape index (κ1) is 13.2. The summed E-state index contributed by atoms with van der Waals surface area (Å²) in [5, 5.41) is 11.5. The van der Waals surface area contributed by atoms with Gasteiger partial charge in [0.15, 0.2) is 0 Å². The number of hydrogen-bond donors (Lipinski definition) is 1. The number of rotatable bonds is 6. The number of benzene rings is 1. The molecule has 1 aromatic rings. The van der Waals surface area contributed by atoms with Crippen molar-refractivity contribution < 1.29 is 4.79 Å². The van der Waals surface area contributed by atoms with Crippen LogP contribution in [0.3, 0.4) is 0 Å². The maximum atomic E-state index is 11.6. The molecule has 0 unspecified atom stereocenters. The lowest BCUT2D eigenvalue weighted by Gasteiger charge is -2.04. The van der Waals surface area contributed by atoms with Gasteiger partial charge in [0.2, 0.25) is 5.91 Å². The quantitative estimate of drug-likeness (QED) is 0.761. The van der Waals surface area contributed by atoms with Crippen LogP contribution >= 0.6 is 0 Å². The molecule has 0 atom stereocenters. The van der Waals surface area contributed by atoms with Crippen molar-refractivity contribution in [1.82, 2.24) is 0 Å². The zero-order chi connectivity index (χ0) is 12.5. The van der Waals surface area contributed by atoms with E-state index in [-0.39, 0.29) is 5.91 Å². The molecule has 1 rings (SSSR count). The van der Waals surface area contributed by atoms with Crippen LogP contribution in [-0.2, 0) is 4.79 Å². The summed E-state index contributed by atoms with van der Waals surface area (Å²) < 4.78 is 0. The number of carbonyl (C=O) groups is 1. The summed E-state index contributed by atoms with van der Waals surface area (Å²) in [6, 6.07) is 8.95. The number of unbranched alkanes of at least 4 members (excludes halogenated alkanes) is 3. The van der Waals surface area contributed by atoms with Crippen molar-refractivity contribution in [2.24, 2.45) is 0 Å². The lowest BCUT2D eigenvalue weighted by atomic mass is 10.1. The SMILES string of the molecule is CCCCCCC(=O)Nc1ccc(C#N)cc1. The van der Waals surface area contributed by atoms with Crippen LogP contribution in [0.5, 0.6) is 0 Å². The second-order valence-corrected chi connectivity index (χ2v) is 4.05. The first-order valence-electron chi connectivity index (χ1n) is 6.06.